The maximum Gasteiger partial charge on any atom is 0.416 e. The first-order chi connectivity index (χ1) is 18.3. The van der Waals surface area contributed by atoms with E-state index in [9.17, 15) is 18.0 Å². The molecule has 3 heterocycles. The van der Waals surface area contributed by atoms with E-state index in [2.05, 4.69) is 0 Å². The third-order valence-electron chi connectivity index (χ3n) is 7.60. The van der Waals surface area contributed by atoms with Crippen molar-refractivity contribution in [2.45, 2.75) is 88.4 Å². The molecule has 1 aliphatic carbocycles. The van der Waals surface area contributed by atoms with E-state index in [1.807, 2.05) is 12.2 Å². The Labute approximate surface area is 220 Å². The molecule has 3 aliphatic heterocycles. The summed E-state index contributed by atoms with van der Waals surface area (Å²) in [7, 11) is 0. The molecule has 7 unspecified atom stereocenters. The molecule has 0 spiro atoms. The van der Waals surface area contributed by atoms with E-state index in [1.165, 1.54) is 12.1 Å². The van der Waals surface area contributed by atoms with Crippen molar-refractivity contribution in [3.63, 3.8) is 0 Å². The van der Waals surface area contributed by atoms with Crippen LogP contribution in [0.15, 0.2) is 36.4 Å². The zero-order chi connectivity index (χ0) is 26.5. The molecule has 38 heavy (non-hydrogen) atoms. The molecule has 3 saturated heterocycles. The van der Waals surface area contributed by atoms with Gasteiger partial charge in [0.2, 0.25) is 0 Å². The van der Waals surface area contributed by atoms with Gasteiger partial charge in [-0.3, -0.25) is 4.79 Å². The van der Waals surface area contributed by atoms with Gasteiger partial charge in [0.05, 0.1) is 18.1 Å². The lowest BCUT2D eigenvalue weighted by Crippen LogP contribution is -2.32. The molecule has 0 aromatic heterocycles. The molecule has 1 aromatic rings. The molecule has 5 rings (SSSR count). The number of hydrogen-bond acceptors (Lipinski definition) is 7. The highest BCUT2D eigenvalue weighted by Gasteiger charge is 2.50. The predicted octanol–water partition coefficient (Wildman–Crippen LogP) is 5.42. The Morgan fingerprint density at radius 1 is 1.05 bits per heavy atom. The molecule has 7 nitrogen and oxygen atoms in total. The van der Waals surface area contributed by atoms with Crippen molar-refractivity contribution in [3.8, 4) is 5.75 Å². The second kappa shape index (κ2) is 12.4. The molecule has 0 bridgehead atoms. The average molecular weight is 541 g/mol. The normalized spacial score (nSPS) is 32.8. The maximum absolute atomic E-state index is 13.1. The van der Waals surface area contributed by atoms with Gasteiger partial charge < -0.3 is 28.4 Å². The minimum Gasteiger partial charge on any atom is -0.491 e. The highest BCUT2D eigenvalue weighted by Crippen LogP contribution is 2.44. The molecular weight excluding hydrogens is 505 g/mol. The van der Waals surface area contributed by atoms with Gasteiger partial charge in [-0.2, -0.15) is 13.2 Å². The molecule has 1 saturated carbocycles. The number of hydrogen-bond donors (Lipinski definition) is 0. The number of carbonyl (C=O) groups excluding carboxylic acids is 1. The number of alkyl halides is 3. The van der Waals surface area contributed by atoms with Gasteiger partial charge >= 0.3 is 12.1 Å². The number of rotatable bonds is 9. The Hall–Kier alpha value is -2.14. The lowest BCUT2D eigenvalue weighted by molar-refractivity contribution is -0.194. The minimum atomic E-state index is -4.46. The Balaban J connectivity index is 1.29. The second-order valence-electron chi connectivity index (χ2n) is 10.4. The quantitative estimate of drug-likeness (QED) is 0.306. The van der Waals surface area contributed by atoms with Crippen LogP contribution in [0.5, 0.6) is 5.75 Å². The van der Waals surface area contributed by atoms with Crippen molar-refractivity contribution in [1.29, 1.82) is 0 Å². The summed E-state index contributed by atoms with van der Waals surface area (Å²) < 4.78 is 74.7. The van der Waals surface area contributed by atoms with Crippen LogP contribution in [0.4, 0.5) is 13.2 Å². The fourth-order valence-electron chi connectivity index (χ4n) is 5.67. The van der Waals surface area contributed by atoms with E-state index < -0.39 is 24.1 Å². The van der Waals surface area contributed by atoms with Crippen LogP contribution < -0.4 is 4.74 Å². The monoisotopic (exact) mass is 540 g/mol. The smallest absolute Gasteiger partial charge is 0.416 e. The van der Waals surface area contributed by atoms with Crippen LogP contribution >= 0.6 is 0 Å². The van der Waals surface area contributed by atoms with Gasteiger partial charge in [0.1, 0.15) is 24.6 Å². The molecule has 10 heteroatoms. The standard InChI is InChI=1S/C28H35F3O7/c29-28(30,31)18-6-5-7-19(14-18)35-17-20(36-26-8-1-3-12-33-26)10-11-21-22-15-25(32)37-24(22)16-23(21)38-27-9-2-4-13-34-27/h5-7,10-11,14,20-24,26-27H,1-4,8-9,12-13,15-17H2. The average Bonchev–Trinajstić information content (AvgIpc) is 3.42. The van der Waals surface area contributed by atoms with Crippen molar-refractivity contribution < 1.29 is 46.4 Å². The number of benzene rings is 1. The molecule has 0 amide bonds. The number of fused-ring (bicyclic) bond motifs is 1. The van der Waals surface area contributed by atoms with Gasteiger partial charge in [0.25, 0.3) is 0 Å². The van der Waals surface area contributed by atoms with Crippen molar-refractivity contribution in [2.24, 2.45) is 11.8 Å². The van der Waals surface area contributed by atoms with Crippen LogP contribution in [-0.2, 0) is 34.7 Å². The van der Waals surface area contributed by atoms with Crippen molar-refractivity contribution in [3.05, 3.63) is 42.0 Å². The Kier molecular flexibility index (Phi) is 8.92. The second-order valence-corrected chi connectivity index (χ2v) is 10.4. The van der Waals surface area contributed by atoms with Gasteiger partial charge in [-0.25, -0.2) is 0 Å². The Bertz CT molecular complexity index is 956. The number of esters is 1. The number of carbonyl (C=O) groups is 1. The van der Waals surface area contributed by atoms with Crippen LogP contribution in [0, 0.1) is 11.8 Å². The Morgan fingerprint density at radius 3 is 2.53 bits per heavy atom. The summed E-state index contributed by atoms with van der Waals surface area (Å²) in [4.78, 5) is 12.0. The fourth-order valence-corrected chi connectivity index (χ4v) is 5.67. The van der Waals surface area contributed by atoms with Crippen LogP contribution in [0.3, 0.4) is 0 Å². The Morgan fingerprint density at radius 2 is 1.82 bits per heavy atom. The fraction of sp³-hybridized carbons (Fsp3) is 0.679. The van der Waals surface area contributed by atoms with Crippen LogP contribution in [0.2, 0.25) is 0 Å². The topological polar surface area (TPSA) is 72.5 Å². The first kappa shape index (κ1) is 27.4. The summed E-state index contributed by atoms with van der Waals surface area (Å²) in [6, 6.07) is 4.80. The zero-order valence-corrected chi connectivity index (χ0v) is 21.3. The van der Waals surface area contributed by atoms with Crippen LogP contribution in [0.25, 0.3) is 0 Å². The van der Waals surface area contributed by atoms with Gasteiger partial charge in [-0.15, -0.1) is 0 Å². The third kappa shape index (κ3) is 7.08. The first-order valence-electron chi connectivity index (χ1n) is 13.6. The molecule has 0 N–H and O–H groups in total. The van der Waals surface area contributed by atoms with Crippen molar-refractivity contribution in [1.82, 2.24) is 0 Å². The van der Waals surface area contributed by atoms with Crippen molar-refractivity contribution in [2.75, 3.05) is 19.8 Å². The van der Waals surface area contributed by atoms with Crippen LogP contribution in [0.1, 0.15) is 56.9 Å². The zero-order valence-electron chi connectivity index (χ0n) is 21.3. The molecule has 1 aromatic carbocycles. The lowest BCUT2D eigenvalue weighted by atomic mass is 9.91. The number of halogens is 3. The van der Waals surface area contributed by atoms with E-state index in [4.69, 9.17) is 28.4 Å². The van der Waals surface area contributed by atoms with E-state index in [-0.39, 0.29) is 48.7 Å². The van der Waals surface area contributed by atoms with E-state index >= 15 is 0 Å². The van der Waals surface area contributed by atoms with E-state index in [1.54, 1.807) is 0 Å². The van der Waals surface area contributed by atoms with Gasteiger partial charge in [0, 0.05) is 31.5 Å². The summed E-state index contributed by atoms with van der Waals surface area (Å²) >= 11 is 0. The summed E-state index contributed by atoms with van der Waals surface area (Å²) in [5.41, 5.74) is -0.772. The largest absolute Gasteiger partial charge is 0.491 e. The van der Waals surface area contributed by atoms with E-state index in [0.717, 1.165) is 50.7 Å². The summed E-state index contributed by atoms with van der Waals surface area (Å²) in [6.07, 6.45) is 4.24. The molecule has 0 radical (unpaired) electrons. The maximum atomic E-state index is 13.1. The summed E-state index contributed by atoms with van der Waals surface area (Å²) in [5, 5.41) is 0. The first-order valence-corrected chi connectivity index (χ1v) is 13.6. The highest BCUT2D eigenvalue weighted by molar-refractivity contribution is 5.72. The SMILES string of the molecule is O=C1CC2C(CC(OC3CCCCO3)C2C=CC(COc2cccc(C(F)(F)F)c2)OC2CCCCO2)O1. The molecule has 4 fully saturated rings. The molecule has 210 valence electrons. The highest BCUT2D eigenvalue weighted by atomic mass is 19.4. The van der Waals surface area contributed by atoms with Crippen LogP contribution in [-0.4, -0.2) is 56.7 Å². The lowest BCUT2D eigenvalue weighted by Gasteiger charge is -2.29. The minimum absolute atomic E-state index is 0.00514. The summed E-state index contributed by atoms with van der Waals surface area (Å²) in [6.45, 7) is 1.27. The van der Waals surface area contributed by atoms with Gasteiger partial charge in [0.15, 0.2) is 12.6 Å². The molecule has 4 aliphatic rings. The van der Waals surface area contributed by atoms with Gasteiger partial charge in [-0.05, 0) is 56.7 Å². The molecule has 7 atom stereocenters. The predicted molar refractivity (Wildman–Crippen MR) is 129 cm³/mol. The van der Waals surface area contributed by atoms with E-state index in [0.29, 0.717) is 26.1 Å². The van der Waals surface area contributed by atoms with Crippen molar-refractivity contribution >= 4 is 5.97 Å². The molecular formula is C28H35F3O7. The van der Waals surface area contributed by atoms with Gasteiger partial charge in [-0.1, -0.05) is 18.2 Å². The summed E-state index contributed by atoms with van der Waals surface area (Å²) in [5.74, 6) is -0.202. The third-order valence-corrected chi connectivity index (χ3v) is 7.60. The number of ether oxygens (including phenoxy) is 6.